The fourth-order valence-electron chi connectivity index (χ4n) is 1.42. The van der Waals surface area contributed by atoms with Crippen LogP contribution >= 0.6 is 11.3 Å². The summed E-state index contributed by atoms with van der Waals surface area (Å²) in [5.74, 6) is -0.438. The zero-order valence-electron chi connectivity index (χ0n) is 11.0. The van der Waals surface area contributed by atoms with Crippen LogP contribution < -0.4 is 10.9 Å². The molecule has 8 nitrogen and oxygen atoms in total. The molecule has 0 radical (unpaired) electrons. The summed E-state index contributed by atoms with van der Waals surface area (Å²) in [4.78, 5) is 23.5. The molecular weight excluding hydrogens is 282 g/mol. The summed E-state index contributed by atoms with van der Waals surface area (Å²) < 4.78 is 6.07. The number of aromatic nitrogens is 4. The number of ether oxygens (including phenoxy) is 1. The molecule has 0 saturated heterocycles. The number of nitrogens with zero attached hydrogens (tertiary/aromatic N) is 4. The van der Waals surface area contributed by atoms with Crippen LogP contribution in [-0.2, 0) is 11.3 Å². The van der Waals surface area contributed by atoms with E-state index < -0.39 is 5.91 Å². The molecule has 2 heterocycles. The molecule has 2 aromatic heterocycles. The Kier molecular flexibility index (Phi) is 4.53. The molecule has 9 heteroatoms. The molecule has 0 unspecified atom stereocenters. The van der Waals surface area contributed by atoms with Gasteiger partial charge in [0, 0.05) is 13.2 Å². The van der Waals surface area contributed by atoms with E-state index in [1.54, 1.807) is 6.92 Å². The van der Waals surface area contributed by atoms with Crippen molar-refractivity contribution in [3.8, 4) is 0 Å². The van der Waals surface area contributed by atoms with Crippen LogP contribution in [0.4, 0.5) is 5.13 Å². The summed E-state index contributed by atoms with van der Waals surface area (Å²) >= 11 is 1.26. The molecule has 0 aliphatic rings. The molecular formula is C11H13N5O3S. The summed E-state index contributed by atoms with van der Waals surface area (Å²) in [5, 5.41) is 15.3. The second-order valence-corrected chi connectivity index (χ2v) is 5.03. The lowest BCUT2D eigenvalue weighted by Crippen LogP contribution is -2.27. The first kappa shape index (κ1) is 14.3. The van der Waals surface area contributed by atoms with Crippen molar-refractivity contribution in [3.63, 3.8) is 0 Å². The smallest absolute Gasteiger partial charge is 0.277 e. The molecule has 0 bridgehead atoms. The van der Waals surface area contributed by atoms with Crippen molar-refractivity contribution in [2.24, 2.45) is 0 Å². The van der Waals surface area contributed by atoms with E-state index in [0.717, 1.165) is 5.01 Å². The van der Waals surface area contributed by atoms with Gasteiger partial charge in [0.1, 0.15) is 10.7 Å². The quantitative estimate of drug-likeness (QED) is 0.852. The SMILES string of the molecule is COCCn1nc(C(=O)Nc2nnc(C)s2)ccc1=O. The maximum Gasteiger partial charge on any atom is 0.277 e. The van der Waals surface area contributed by atoms with Gasteiger partial charge in [-0.2, -0.15) is 5.10 Å². The minimum Gasteiger partial charge on any atom is -0.383 e. The second kappa shape index (κ2) is 6.35. The zero-order chi connectivity index (χ0) is 14.5. The summed E-state index contributed by atoms with van der Waals surface area (Å²) in [6.07, 6.45) is 0. The normalized spacial score (nSPS) is 10.5. The highest BCUT2D eigenvalue weighted by atomic mass is 32.1. The van der Waals surface area contributed by atoms with E-state index in [-0.39, 0.29) is 17.8 Å². The van der Waals surface area contributed by atoms with Crippen LogP contribution in [0.1, 0.15) is 15.5 Å². The van der Waals surface area contributed by atoms with Crippen molar-refractivity contribution in [3.05, 3.63) is 33.2 Å². The van der Waals surface area contributed by atoms with E-state index in [9.17, 15) is 9.59 Å². The number of carbonyl (C=O) groups excluding carboxylic acids is 1. The number of nitrogens with one attached hydrogen (secondary N) is 1. The van der Waals surface area contributed by atoms with E-state index in [1.165, 1.54) is 35.3 Å². The average molecular weight is 295 g/mol. The van der Waals surface area contributed by atoms with Gasteiger partial charge in [0.05, 0.1) is 13.2 Å². The highest BCUT2D eigenvalue weighted by molar-refractivity contribution is 7.15. The van der Waals surface area contributed by atoms with Gasteiger partial charge in [0.2, 0.25) is 5.13 Å². The van der Waals surface area contributed by atoms with Gasteiger partial charge in [-0.3, -0.25) is 14.9 Å². The van der Waals surface area contributed by atoms with E-state index in [4.69, 9.17) is 4.74 Å². The van der Waals surface area contributed by atoms with E-state index >= 15 is 0 Å². The topological polar surface area (TPSA) is 99.0 Å². The van der Waals surface area contributed by atoms with E-state index in [2.05, 4.69) is 20.6 Å². The lowest BCUT2D eigenvalue weighted by molar-refractivity contribution is 0.101. The van der Waals surface area contributed by atoms with Crippen molar-refractivity contribution in [1.29, 1.82) is 0 Å². The van der Waals surface area contributed by atoms with Gasteiger partial charge in [-0.1, -0.05) is 11.3 Å². The second-order valence-electron chi connectivity index (χ2n) is 3.85. The molecule has 0 atom stereocenters. The molecule has 0 saturated carbocycles. The molecule has 106 valence electrons. The minimum absolute atomic E-state index is 0.133. The van der Waals surface area contributed by atoms with Gasteiger partial charge in [-0.25, -0.2) is 4.68 Å². The fraction of sp³-hybridized carbons (Fsp3) is 0.364. The fourth-order valence-corrected chi connectivity index (χ4v) is 2.00. The minimum atomic E-state index is -0.438. The highest BCUT2D eigenvalue weighted by Gasteiger charge is 2.12. The first-order valence-electron chi connectivity index (χ1n) is 5.78. The Bertz CT molecular complexity index is 666. The summed E-state index contributed by atoms with van der Waals surface area (Å²) in [6.45, 7) is 2.42. The molecule has 1 amide bonds. The molecule has 0 fully saturated rings. The number of anilines is 1. The van der Waals surface area contributed by atoms with Crippen LogP contribution in [0.25, 0.3) is 0 Å². The third-order valence-corrected chi connectivity index (χ3v) is 3.11. The largest absolute Gasteiger partial charge is 0.383 e. The average Bonchev–Trinajstić information content (AvgIpc) is 2.83. The molecule has 0 aliphatic carbocycles. The first-order valence-corrected chi connectivity index (χ1v) is 6.60. The van der Waals surface area contributed by atoms with Crippen molar-refractivity contribution in [2.75, 3.05) is 19.0 Å². The predicted molar refractivity (Wildman–Crippen MR) is 73.0 cm³/mol. The zero-order valence-corrected chi connectivity index (χ0v) is 11.8. The molecule has 2 aromatic rings. The van der Waals surface area contributed by atoms with Crippen molar-refractivity contribution >= 4 is 22.4 Å². The summed E-state index contributed by atoms with van der Waals surface area (Å²) in [5.41, 5.74) is -0.154. The Hall–Kier alpha value is -2.13. The third kappa shape index (κ3) is 3.45. The van der Waals surface area contributed by atoms with Crippen molar-refractivity contribution < 1.29 is 9.53 Å². The first-order chi connectivity index (χ1) is 9.60. The Morgan fingerprint density at radius 3 is 2.90 bits per heavy atom. The Morgan fingerprint density at radius 2 is 2.25 bits per heavy atom. The van der Waals surface area contributed by atoms with Crippen LogP contribution in [0.3, 0.4) is 0 Å². The molecule has 0 spiro atoms. The van der Waals surface area contributed by atoms with Crippen LogP contribution in [0.2, 0.25) is 0 Å². The van der Waals surface area contributed by atoms with Crippen LogP contribution in [0.5, 0.6) is 0 Å². The van der Waals surface area contributed by atoms with Gasteiger partial charge >= 0.3 is 0 Å². The van der Waals surface area contributed by atoms with Gasteiger partial charge in [0.25, 0.3) is 11.5 Å². The van der Waals surface area contributed by atoms with Crippen LogP contribution in [0.15, 0.2) is 16.9 Å². The highest BCUT2D eigenvalue weighted by Crippen LogP contribution is 2.14. The van der Waals surface area contributed by atoms with Gasteiger partial charge < -0.3 is 4.74 Å². The molecule has 20 heavy (non-hydrogen) atoms. The Balaban J connectivity index is 2.15. The number of hydrogen-bond acceptors (Lipinski definition) is 7. The number of rotatable bonds is 5. The number of methoxy groups -OCH3 is 1. The van der Waals surface area contributed by atoms with E-state index in [1.807, 2.05) is 0 Å². The molecule has 0 aliphatic heterocycles. The van der Waals surface area contributed by atoms with Gasteiger partial charge in [-0.15, -0.1) is 10.2 Å². The maximum atomic E-state index is 12.0. The summed E-state index contributed by atoms with van der Waals surface area (Å²) in [7, 11) is 1.53. The lowest BCUT2D eigenvalue weighted by Gasteiger charge is -2.05. The third-order valence-electron chi connectivity index (χ3n) is 2.35. The maximum absolute atomic E-state index is 12.0. The standard InChI is InChI=1S/C11H13N5O3S/c1-7-13-14-11(20-7)12-10(18)8-3-4-9(17)16(15-8)5-6-19-2/h3-4H,5-6H2,1-2H3,(H,12,14,18). The monoisotopic (exact) mass is 295 g/mol. The lowest BCUT2D eigenvalue weighted by atomic mass is 10.3. The van der Waals surface area contributed by atoms with Crippen molar-refractivity contribution in [2.45, 2.75) is 13.5 Å². The van der Waals surface area contributed by atoms with Gasteiger partial charge in [0.15, 0.2) is 0 Å². The number of aryl methyl sites for hydroxylation is 1. The van der Waals surface area contributed by atoms with Crippen LogP contribution in [-0.4, -0.2) is 39.6 Å². The Labute approximate surface area is 118 Å². The number of hydrogen-bond donors (Lipinski definition) is 1. The van der Waals surface area contributed by atoms with Crippen molar-refractivity contribution in [1.82, 2.24) is 20.0 Å². The molecule has 1 N–H and O–H groups in total. The molecule has 2 rings (SSSR count). The predicted octanol–water partition coefficient (Wildman–Crippen LogP) is 0.302. The van der Waals surface area contributed by atoms with Gasteiger partial charge in [-0.05, 0) is 13.0 Å². The number of carbonyl (C=O) groups is 1. The summed E-state index contributed by atoms with van der Waals surface area (Å²) in [6, 6.07) is 2.66. The molecule has 0 aromatic carbocycles. The number of amides is 1. The van der Waals surface area contributed by atoms with Crippen LogP contribution in [0, 0.1) is 6.92 Å². The van der Waals surface area contributed by atoms with E-state index in [0.29, 0.717) is 11.7 Å². The Morgan fingerprint density at radius 1 is 1.45 bits per heavy atom.